The summed E-state index contributed by atoms with van der Waals surface area (Å²) in [5, 5.41) is 12.2. The van der Waals surface area contributed by atoms with Crippen LogP contribution in [0.4, 0.5) is 10.5 Å². The van der Waals surface area contributed by atoms with E-state index in [2.05, 4.69) is 5.32 Å². The summed E-state index contributed by atoms with van der Waals surface area (Å²) in [5.74, 6) is 0. The summed E-state index contributed by atoms with van der Waals surface area (Å²) in [5.41, 5.74) is 7.57. The van der Waals surface area contributed by atoms with Gasteiger partial charge < -0.3 is 21.1 Å². The zero-order valence-electron chi connectivity index (χ0n) is 11.9. The maximum absolute atomic E-state index is 12.3. The van der Waals surface area contributed by atoms with Gasteiger partial charge in [-0.2, -0.15) is 0 Å². The average Bonchev–Trinajstić information content (AvgIpc) is 2.47. The highest BCUT2D eigenvalue weighted by Crippen LogP contribution is 2.20. The number of carbonyl (C=O) groups excluding carboxylic acids is 1. The van der Waals surface area contributed by atoms with Crippen molar-refractivity contribution in [3.8, 4) is 0 Å². The summed E-state index contributed by atoms with van der Waals surface area (Å²) >= 11 is 0. The number of urea groups is 1. The lowest BCUT2D eigenvalue weighted by Gasteiger charge is -2.34. The largest absolute Gasteiger partial charge is 0.394 e. The van der Waals surface area contributed by atoms with Crippen molar-refractivity contribution < 1.29 is 9.90 Å². The van der Waals surface area contributed by atoms with Gasteiger partial charge in [-0.05, 0) is 43.9 Å². The second-order valence-corrected chi connectivity index (χ2v) is 5.37. The van der Waals surface area contributed by atoms with Crippen molar-refractivity contribution in [2.75, 3.05) is 18.5 Å². The van der Waals surface area contributed by atoms with Gasteiger partial charge in [-0.15, -0.1) is 0 Å². The smallest absolute Gasteiger partial charge is 0.322 e. The fourth-order valence-corrected chi connectivity index (χ4v) is 2.55. The number of rotatable bonds is 3. The summed E-state index contributed by atoms with van der Waals surface area (Å²) in [6.45, 7) is 2.63. The third-order valence-electron chi connectivity index (χ3n) is 3.76. The van der Waals surface area contributed by atoms with Gasteiger partial charge >= 0.3 is 6.03 Å². The second kappa shape index (κ2) is 6.72. The Morgan fingerprint density at radius 3 is 3.05 bits per heavy atom. The van der Waals surface area contributed by atoms with Gasteiger partial charge in [0.05, 0.1) is 12.6 Å². The first-order valence-electron chi connectivity index (χ1n) is 7.16. The molecule has 5 heteroatoms. The van der Waals surface area contributed by atoms with Crippen LogP contribution in [-0.2, 0) is 0 Å². The number of nitrogens with zero attached hydrogens (tertiary/aromatic N) is 1. The van der Waals surface area contributed by atoms with Crippen molar-refractivity contribution in [1.29, 1.82) is 0 Å². The minimum Gasteiger partial charge on any atom is -0.394 e. The van der Waals surface area contributed by atoms with E-state index in [1.165, 1.54) is 0 Å². The van der Waals surface area contributed by atoms with Crippen LogP contribution in [0.25, 0.3) is 0 Å². The number of aliphatic hydroxyl groups excluding tert-OH is 1. The fraction of sp³-hybridized carbons (Fsp3) is 0.533. The number of nitrogens with two attached hydrogens (primary N) is 1. The van der Waals surface area contributed by atoms with Crippen LogP contribution in [0.2, 0.25) is 0 Å². The van der Waals surface area contributed by atoms with E-state index in [0.29, 0.717) is 6.54 Å². The molecule has 4 N–H and O–H groups in total. The molecule has 2 unspecified atom stereocenters. The Morgan fingerprint density at radius 1 is 1.55 bits per heavy atom. The van der Waals surface area contributed by atoms with Crippen LogP contribution < -0.4 is 11.1 Å². The number of anilines is 1. The molecule has 1 fully saturated rings. The third kappa shape index (κ3) is 3.49. The fourth-order valence-electron chi connectivity index (χ4n) is 2.55. The molecular formula is C15H23N3O2. The van der Waals surface area contributed by atoms with Gasteiger partial charge in [0.1, 0.15) is 0 Å². The lowest BCUT2D eigenvalue weighted by molar-refractivity contribution is 0.115. The molecule has 2 amide bonds. The van der Waals surface area contributed by atoms with E-state index in [-0.39, 0.29) is 24.7 Å². The summed E-state index contributed by atoms with van der Waals surface area (Å²) in [4.78, 5) is 14.0. The van der Waals surface area contributed by atoms with E-state index in [4.69, 9.17) is 5.73 Å². The SMILES string of the molecule is CC(N)c1cccc(NC(=O)N2CCCCC2CO)c1. The molecule has 0 radical (unpaired) electrons. The van der Waals surface area contributed by atoms with Gasteiger partial charge in [-0.1, -0.05) is 12.1 Å². The van der Waals surface area contributed by atoms with Gasteiger partial charge in [-0.25, -0.2) is 4.79 Å². The zero-order chi connectivity index (χ0) is 14.5. The van der Waals surface area contributed by atoms with Gasteiger partial charge in [0.25, 0.3) is 0 Å². The van der Waals surface area contributed by atoms with Crippen LogP contribution in [0, 0.1) is 0 Å². The second-order valence-electron chi connectivity index (χ2n) is 5.37. The average molecular weight is 277 g/mol. The molecule has 1 aliphatic heterocycles. The number of likely N-dealkylation sites (tertiary alicyclic amines) is 1. The molecule has 0 aromatic heterocycles. The molecule has 5 nitrogen and oxygen atoms in total. The molecule has 20 heavy (non-hydrogen) atoms. The predicted molar refractivity (Wildman–Crippen MR) is 79.5 cm³/mol. The van der Waals surface area contributed by atoms with Crippen molar-refractivity contribution in [3.63, 3.8) is 0 Å². The normalized spacial score (nSPS) is 20.6. The van der Waals surface area contributed by atoms with Crippen molar-refractivity contribution in [2.24, 2.45) is 5.73 Å². The molecule has 2 rings (SSSR count). The lowest BCUT2D eigenvalue weighted by atomic mass is 10.0. The number of hydrogen-bond acceptors (Lipinski definition) is 3. The highest BCUT2D eigenvalue weighted by Gasteiger charge is 2.26. The minimum atomic E-state index is -0.148. The summed E-state index contributed by atoms with van der Waals surface area (Å²) in [6, 6.07) is 7.28. The van der Waals surface area contributed by atoms with E-state index >= 15 is 0 Å². The van der Waals surface area contributed by atoms with E-state index in [9.17, 15) is 9.90 Å². The highest BCUT2D eigenvalue weighted by atomic mass is 16.3. The molecule has 0 bridgehead atoms. The Morgan fingerprint density at radius 2 is 2.35 bits per heavy atom. The summed E-state index contributed by atoms with van der Waals surface area (Å²) < 4.78 is 0. The number of aliphatic hydroxyl groups is 1. The van der Waals surface area contributed by atoms with Crippen molar-refractivity contribution >= 4 is 11.7 Å². The van der Waals surface area contributed by atoms with Gasteiger partial charge in [0.15, 0.2) is 0 Å². The maximum Gasteiger partial charge on any atom is 0.322 e. The molecule has 0 saturated carbocycles. The van der Waals surface area contributed by atoms with E-state index in [0.717, 1.165) is 30.5 Å². The van der Waals surface area contributed by atoms with Crippen LogP contribution in [0.3, 0.4) is 0 Å². The van der Waals surface area contributed by atoms with Crippen LogP contribution in [-0.4, -0.2) is 35.2 Å². The van der Waals surface area contributed by atoms with Gasteiger partial charge in [0, 0.05) is 18.3 Å². The molecule has 0 spiro atoms. The van der Waals surface area contributed by atoms with Crippen molar-refractivity contribution in [3.05, 3.63) is 29.8 Å². The molecule has 1 aromatic rings. The predicted octanol–water partition coefficient (Wildman–Crippen LogP) is 2.08. The van der Waals surface area contributed by atoms with Crippen LogP contribution >= 0.6 is 0 Å². The quantitative estimate of drug-likeness (QED) is 0.791. The molecule has 1 saturated heterocycles. The van der Waals surface area contributed by atoms with Crippen molar-refractivity contribution in [1.82, 2.24) is 4.90 Å². The van der Waals surface area contributed by atoms with E-state index in [1.807, 2.05) is 31.2 Å². The van der Waals surface area contributed by atoms with Crippen molar-refractivity contribution in [2.45, 2.75) is 38.3 Å². The molecule has 0 aliphatic carbocycles. The Balaban J connectivity index is 2.05. The first-order valence-corrected chi connectivity index (χ1v) is 7.16. The molecule has 1 aliphatic rings. The zero-order valence-corrected chi connectivity index (χ0v) is 11.9. The van der Waals surface area contributed by atoms with E-state index < -0.39 is 0 Å². The first kappa shape index (κ1) is 14.8. The van der Waals surface area contributed by atoms with Crippen LogP contribution in [0.15, 0.2) is 24.3 Å². The summed E-state index contributed by atoms with van der Waals surface area (Å²) in [6.07, 6.45) is 2.92. The summed E-state index contributed by atoms with van der Waals surface area (Å²) in [7, 11) is 0. The number of hydrogen-bond donors (Lipinski definition) is 3. The molecule has 2 atom stereocenters. The monoisotopic (exact) mass is 277 g/mol. The number of piperidine rings is 1. The first-order chi connectivity index (χ1) is 9.61. The topological polar surface area (TPSA) is 78.6 Å². The third-order valence-corrected chi connectivity index (χ3v) is 3.76. The minimum absolute atomic E-state index is 0.0211. The standard InChI is InChI=1S/C15H23N3O2/c1-11(16)12-5-4-6-13(9-12)17-15(20)18-8-3-2-7-14(18)10-19/h4-6,9,11,14,19H,2-3,7-8,10,16H2,1H3,(H,17,20). The lowest BCUT2D eigenvalue weighted by Crippen LogP contribution is -2.47. The Bertz CT molecular complexity index is 462. The maximum atomic E-state index is 12.3. The molecule has 1 aromatic carbocycles. The van der Waals surface area contributed by atoms with E-state index in [1.54, 1.807) is 4.90 Å². The Kier molecular flexibility index (Phi) is 4.98. The number of carbonyl (C=O) groups is 1. The van der Waals surface area contributed by atoms with Gasteiger partial charge in [0.2, 0.25) is 0 Å². The molecule has 110 valence electrons. The van der Waals surface area contributed by atoms with Crippen LogP contribution in [0.1, 0.15) is 37.8 Å². The Hall–Kier alpha value is -1.59. The molecular weight excluding hydrogens is 254 g/mol. The number of nitrogens with one attached hydrogen (secondary N) is 1. The molecule has 1 heterocycles. The number of amides is 2. The van der Waals surface area contributed by atoms with Gasteiger partial charge in [-0.3, -0.25) is 0 Å². The number of benzene rings is 1. The Labute approximate surface area is 119 Å². The highest BCUT2D eigenvalue weighted by molar-refractivity contribution is 5.89. The van der Waals surface area contributed by atoms with Crippen LogP contribution in [0.5, 0.6) is 0 Å².